The molecule has 0 atom stereocenters. The molecule has 0 spiro atoms. The largest absolute Gasteiger partial charge is 0.466 e. The molecule has 0 aliphatic carbocycles. The fourth-order valence-corrected chi connectivity index (χ4v) is 3.29. The molecule has 0 saturated carbocycles. The van der Waals surface area contributed by atoms with E-state index in [1.807, 2.05) is 0 Å². The van der Waals surface area contributed by atoms with Crippen LogP contribution in [0.1, 0.15) is 30.1 Å². The van der Waals surface area contributed by atoms with Crippen molar-refractivity contribution in [3.63, 3.8) is 0 Å². The first kappa shape index (κ1) is 17.7. The van der Waals surface area contributed by atoms with Gasteiger partial charge in [-0.1, -0.05) is 0 Å². The molecule has 1 fully saturated rings. The summed E-state index contributed by atoms with van der Waals surface area (Å²) in [6.45, 7) is 3.06. The van der Waals surface area contributed by atoms with E-state index in [1.165, 1.54) is 24.3 Å². The lowest BCUT2D eigenvalue weighted by Gasteiger charge is -2.31. The zero-order chi connectivity index (χ0) is 17.0. The van der Waals surface area contributed by atoms with Crippen LogP contribution in [0.25, 0.3) is 0 Å². The lowest BCUT2D eigenvalue weighted by Crippen LogP contribution is -2.40. The van der Waals surface area contributed by atoms with E-state index in [9.17, 15) is 18.0 Å². The molecule has 0 aromatic heterocycles. The van der Waals surface area contributed by atoms with Gasteiger partial charge in [0.15, 0.2) is 0 Å². The van der Waals surface area contributed by atoms with Crippen LogP contribution in [0.4, 0.5) is 0 Å². The molecule has 2 rings (SSSR count). The molecule has 0 unspecified atom stereocenters. The molecule has 1 aromatic carbocycles. The van der Waals surface area contributed by atoms with Gasteiger partial charge in [0.05, 0.1) is 17.4 Å². The Morgan fingerprint density at radius 1 is 1.22 bits per heavy atom. The lowest BCUT2D eigenvalue weighted by molar-refractivity contribution is -0.149. The van der Waals surface area contributed by atoms with E-state index in [2.05, 4.69) is 0 Å². The zero-order valence-electron chi connectivity index (χ0n) is 12.7. The number of hydrogen-bond donors (Lipinski definition) is 0. The summed E-state index contributed by atoms with van der Waals surface area (Å²) in [6, 6.07) is 5.49. The van der Waals surface area contributed by atoms with Crippen molar-refractivity contribution in [3.8, 4) is 0 Å². The van der Waals surface area contributed by atoms with Gasteiger partial charge in [0.1, 0.15) is 0 Å². The number of halogens is 1. The summed E-state index contributed by atoms with van der Waals surface area (Å²) in [5.74, 6) is -0.565. The number of likely N-dealkylation sites (tertiary alicyclic amines) is 1. The second-order valence-corrected chi connectivity index (χ2v) is 7.85. The maximum absolute atomic E-state index is 12.4. The summed E-state index contributed by atoms with van der Waals surface area (Å²) < 4.78 is 27.4. The highest BCUT2D eigenvalue weighted by atomic mass is 35.7. The van der Waals surface area contributed by atoms with Crippen LogP contribution in [0.3, 0.4) is 0 Å². The normalized spacial score (nSPS) is 16.2. The molecule has 1 amide bonds. The SMILES string of the molecule is CCOC(=O)C1CCN(C(=O)c2ccc(S(=O)(=O)Cl)cc2)CC1. The molecule has 0 radical (unpaired) electrons. The third-order valence-corrected chi connectivity index (χ3v) is 5.15. The van der Waals surface area contributed by atoms with Crippen molar-refractivity contribution in [1.29, 1.82) is 0 Å². The van der Waals surface area contributed by atoms with Gasteiger partial charge in [0.2, 0.25) is 0 Å². The van der Waals surface area contributed by atoms with Crippen molar-refractivity contribution >= 4 is 31.6 Å². The minimum atomic E-state index is -3.80. The topological polar surface area (TPSA) is 80.8 Å². The Morgan fingerprint density at radius 3 is 2.26 bits per heavy atom. The maximum atomic E-state index is 12.4. The molecule has 126 valence electrons. The summed E-state index contributed by atoms with van der Waals surface area (Å²) in [7, 11) is 1.45. The van der Waals surface area contributed by atoms with Crippen molar-refractivity contribution in [3.05, 3.63) is 29.8 Å². The van der Waals surface area contributed by atoms with E-state index >= 15 is 0 Å². The first-order valence-electron chi connectivity index (χ1n) is 7.33. The first-order valence-corrected chi connectivity index (χ1v) is 9.64. The maximum Gasteiger partial charge on any atom is 0.309 e. The molecule has 1 aliphatic rings. The van der Waals surface area contributed by atoms with Gasteiger partial charge in [0, 0.05) is 29.3 Å². The highest BCUT2D eigenvalue weighted by molar-refractivity contribution is 8.13. The van der Waals surface area contributed by atoms with Crippen LogP contribution in [0.2, 0.25) is 0 Å². The van der Waals surface area contributed by atoms with E-state index in [-0.39, 0.29) is 22.7 Å². The number of amides is 1. The second-order valence-electron chi connectivity index (χ2n) is 5.28. The van der Waals surface area contributed by atoms with Gasteiger partial charge >= 0.3 is 5.97 Å². The Balaban J connectivity index is 1.98. The number of carbonyl (C=O) groups is 2. The second kappa shape index (κ2) is 7.31. The van der Waals surface area contributed by atoms with Gasteiger partial charge in [-0.15, -0.1) is 0 Å². The molecule has 1 aromatic rings. The van der Waals surface area contributed by atoms with E-state index in [4.69, 9.17) is 15.4 Å². The van der Waals surface area contributed by atoms with Crippen LogP contribution < -0.4 is 0 Å². The summed E-state index contributed by atoms with van der Waals surface area (Å²) in [5.41, 5.74) is 0.392. The predicted molar refractivity (Wildman–Crippen MR) is 84.7 cm³/mol. The average molecular weight is 360 g/mol. The number of ether oxygens (including phenoxy) is 1. The Labute approximate surface area is 139 Å². The number of piperidine rings is 1. The third kappa shape index (κ3) is 4.45. The van der Waals surface area contributed by atoms with Gasteiger partial charge in [0.25, 0.3) is 15.0 Å². The standard InChI is InChI=1S/C15H18ClNO5S/c1-2-22-15(19)12-7-9-17(10-8-12)14(18)11-3-5-13(6-4-11)23(16,20)21/h3-6,12H,2,7-10H2,1H3. The fourth-order valence-electron chi connectivity index (χ4n) is 2.52. The van der Waals surface area contributed by atoms with Crippen molar-refractivity contribution in [2.24, 2.45) is 5.92 Å². The zero-order valence-corrected chi connectivity index (χ0v) is 14.3. The van der Waals surface area contributed by atoms with E-state index in [1.54, 1.807) is 11.8 Å². The van der Waals surface area contributed by atoms with Gasteiger partial charge < -0.3 is 9.64 Å². The number of carbonyl (C=O) groups excluding carboxylic acids is 2. The minimum Gasteiger partial charge on any atom is -0.466 e. The van der Waals surface area contributed by atoms with Crippen LogP contribution in [0.15, 0.2) is 29.2 Å². The average Bonchev–Trinajstić information content (AvgIpc) is 2.54. The molecule has 1 heterocycles. The lowest BCUT2D eigenvalue weighted by atomic mass is 9.96. The smallest absolute Gasteiger partial charge is 0.309 e. The van der Waals surface area contributed by atoms with Gasteiger partial charge in [-0.05, 0) is 44.0 Å². The monoisotopic (exact) mass is 359 g/mol. The van der Waals surface area contributed by atoms with Gasteiger partial charge in [-0.25, -0.2) is 8.42 Å². The van der Waals surface area contributed by atoms with E-state index in [0.29, 0.717) is 38.1 Å². The van der Waals surface area contributed by atoms with Crippen molar-refractivity contribution < 1.29 is 22.7 Å². The number of nitrogens with zero attached hydrogens (tertiary/aromatic N) is 1. The minimum absolute atomic E-state index is 0.0447. The third-order valence-electron chi connectivity index (χ3n) is 3.78. The summed E-state index contributed by atoms with van der Waals surface area (Å²) in [5, 5.41) is 0. The molecular weight excluding hydrogens is 342 g/mol. The van der Waals surface area contributed by atoms with E-state index in [0.717, 1.165) is 0 Å². The van der Waals surface area contributed by atoms with Crippen molar-refractivity contribution in [1.82, 2.24) is 4.90 Å². The Morgan fingerprint density at radius 2 is 1.78 bits per heavy atom. The molecule has 0 N–H and O–H groups in total. The van der Waals surface area contributed by atoms with Crippen molar-refractivity contribution in [2.45, 2.75) is 24.7 Å². The number of hydrogen-bond acceptors (Lipinski definition) is 5. The number of benzene rings is 1. The highest BCUT2D eigenvalue weighted by Crippen LogP contribution is 2.21. The van der Waals surface area contributed by atoms with Crippen LogP contribution >= 0.6 is 10.7 Å². The fraction of sp³-hybridized carbons (Fsp3) is 0.467. The first-order chi connectivity index (χ1) is 10.8. The van der Waals surface area contributed by atoms with Crippen LogP contribution in [-0.4, -0.2) is 44.9 Å². The molecule has 6 nitrogen and oxygen atoms in total. The van der Waals surface area contributed by atoms with Crippen LogP contribution in [-0.2, 0) is 18.6 Å². The van der Waals surface area contributed by atoms with E-state index < -0.39 is 9.05 Å². The summed E-state index contributed by atoms with van der Waals surface area (Å²) >= 11 is 0. The number of esters is 1. The van der Waals surface area contributed by atoms with Gasteiger partial charge in [-0.3, -0.25) is 9.59 Å². The van der Waals surface area contributed by atoms with Gasteiger partial charge in [-0.2, -0.15) is 0 Å². The summed E-state index contributed by atoms with van der Waals surface area (Å²) in [6.07, 6.45) is 1.14. The molecule has 0 bridgehead atoms. The molecule has 1 aliphatic heterocycles. The Kier molecular flexibility index (Phi) is 5.64. The Bertz CT molecular complexity index is 678. The molecule has 8 heteroatoms. The van der Waals surface area contributed by atoms with Crippen molar-refractivity contribution in [2.75, 3.05) is 19.7 Å². The predicted octanol–water partition coefficient (Wildman–Crippen LogP) is 2.03. The Hall–Kier alpha value is -1.60. The van der Waals surface area contributed by atoms with Crippen LogP contribution in [0.5, 0.6) is 0 Å². The summed E-state index contributed by atoms with van der Waals surface area (Å²) in [4.78, 5) is 25.7. The quantitative estimate of drug-likeness (QED) is 0.607. The highest BCUT2D eigenvalue weighted by Gasteiger charge is 2.28. The van der Waals surface area contributed by atoms with Crippen LogP contribution in [0, 0.1) is 5.92 Å². The molecule has 23 heavy (non-hydrogen) atoms. The molecule has 1 saturated heterocycles. The molecular formula is C15H18ClNO5S. The number of rotatable bonds is 4.